The minimum Gasteiger partial charge on any atom is -0.394 e. The lowest BCUT2D eigenvalue weighted by atomic mass is 10.2. The predicted octanol–water partition coefficient (Wildman–Crippen LogP) is 1.72. The molecule has 0 heterocycles. The molecule has 88 valence electrons. The Kier molecular flexibility index (Phi) is 4.72. The minimum atomic E-state index is -0.410. The van der Waals surface area contributed by atoms with Crippen molar-refractivity contribution in [2.24, 2.45) is 0 Å². The van der Waals surface area contributed by atoms with Crippen LogP contribution in [0.1, 0.15) is 13.3 Å². The Morgan fingerprint density at radius 3 is 2.56 bits per heavy atom. The van der Waals surface area contributed by atoms with Crippen LogP contribution in [0.5, 0.6) is 0 Å². The molecule has 0 fully saturated rings. The number of nitrogens with one attached hydrogen (secondary N) is 2. The SMILES string of the molecule is CC[C@H](CO)NC(=O)Nc1ccc(F)cc1. The van der Waals surface area contributed by atoms with Crippen molar-refractivity contribution in [1.29, 1.82) is 0 Å². The number of amides is 2. The smallest absolute Gasteiger partial charge is 0.319 e. The summed E-state index contributed by atoms with van der Waals surface area (Å²) in [6.07, 6.45) is 0.646. The van der Waals surface area contributed by atoms with Crippen LogP contribution in [-0.2, 0) is 0 Å². The maximum absolute atomic E-state index is 12.6. The first-order chi connectivity index (χ1) is 7.65. The van der Waals surface area contributed by atoms with E-state index in [2.05, 4.69) is 10.6 Å². The molecule has 0 aliphatic rings. The van der Waals surface area contributed by atoms with E-state index in [1.54, 1.807) is 0 Å². The van der Waals surface area contributed by atoms with E-state index >= 15 is 0 Å². The molecule has 1 rings (SSSR count). The second-order valence-electron chi connectivity index (χ2n) is 3.39. The molecule has 1 aromatic rings. The number of hydrogen-bond acceptors (Lipinski definition) is 2. The molecule has 0 saturated heterocycles. The van der Waals surface area contributed by atoms with Gasteiger partial charge < -0.3 is 15.7 Å². The van der Waals surface area contributed by atoms with E-state index < -0.39 is 6.03 Å². The van der Waals surface area contributed by atoms with Crippen LogP contribution >= 0.6 is 0 Å². The molecule has 0 aromatic heterocycles. The topological polar surface area (TPSA) is 61.4 Å². The van der Waals surface area contributed by atoms with E-state index in [1.807, 2.05) is 6.92 Å². The quantitative estimate of drug-likeness (QED) is 0.732. The summed E-state index contributed by atoms with van der Waals surface area (Å²) in [5.74, 6) is -0.354. The Balaban J connectivity index is 2.48. The van der Waals surface area contributed by atoms with Gasteiger partial charge in [0.1, 0.15) is 5.82 Å². The number of hydrogen-bond donors (Lipinski definition) is 3. The molecule has 0 unspecified atom stereocenters. The molecule has 5 heteroatoms. The van der Waals surface area contributed by atoms with Crippen LogP contribution in [0.3, 0.4) is 0 Å². The van der Waals surface area contributed by atoms with E-state index in [9.17, 15) is 9.18 Å². The number of rotatable bonds is 4. The van der Waals surface area contributed by atoms with Crippen molar-refractivity contribution < 1.29 is 14.3 Å². The van der Waals surface area contributed by atoms with Crippen molar-refractivity contribution in [2.75, 3.05) is 11.9 Å². The van der Waals surface area contributed by atoms with Gasteiger partial charge in [0.15, 0.2) is 0 Å². The van der Waals surface area contributed by atoms with Gasteiger partial charge in [-0.1, -0.05) is 6.92 Å². The fourth-order valence-corrected chi connectivity index (χ4v) is 1.16. The molecule has 0 bridgehead atoms. The maximum atomic E-state index is 12.6. The molecule has 0 saturated carbocycles. The zero-order valence-electron chi connectivity index (χ0n) is 9.03. The molecule has 0 aliphatic carbocycles. The Bertz CT molecular complexity index is 336. The van der Waals surface area contributed by atoms with E-state index in [-0.39, 0.29) is 18.5 Å². The van der Waals surface area contributed by atoms with Crippen molar-refractivity contribution in [3.63, 3.8) is 0 Å². The fraction of sp³-hybridized carbons (Fsp3) is 0.364. The Morgan fingerprint density at radius 2 is 2.06 bits per heavy atom. The van der Waals surface area contributed by atoms with Gasteiger partial charge in [0, 0.05) is 5.69 Å². The minimum absolute atomic E-state index is 0.104. The van der Waals surface area contributed by atoms with Gasteiger partial charge in [-0.2, -0.15) is 0 Å². The number of urea groups is 1. The second-order valence-corrected chi connectivity index (χ2v) is 3.39. The predicted molar refractivity (Wildman–Crippen MR) is 59.7 cm³/mol. The number of carbonyl (C=O) groups is 1. The molecule has 2 amide bonds. The molecule has 0 radical (unpaired) electrons. The standard InChI is InChI=1S/C11H15FN2O2/c1-2-9(7-15)13-11(16)14-10-5-3-8(12)4-6-10/h3-6,9,15H,2,7H2,1H3,(H2,13,14,16)/t9-/m1/s1. The van der Waals surface area contributed by atoms with Crippen molar-refractivity contribution in [1.82, 2.24) is 5.32 Å². The first-order valence-electron chi connectivity index (χ1n) is 5.09. The van der Waals surface area contributed by atoms with Crippen LogP contribution in [0.15, 0.2) is 24.3 Å². The average molecular weight is 226 g/mol. The highest BCUT2D eigenvalue weighted by molar-refractivity contribution is 5.89. The van der Waals surface area contributed by atoms with Crippen LogP contribution in [0.2, 0.25) is 0 Å². The van der Waals surface area contributed by atoms with Crippen LogP contribution in [0.25, 0.3) is 0 Å². The van der Waals surface area contributed by atoms with Crippen molar-refractivity contribution in [2.45, 2.75) is 19.4 Å². The van der Waals surface area contributed by atoms with Crippen molar-refractivity contribution in [3.8, 4) is 0 Å². The fourth-order valence-electron chi connectivity index (χ4n) is 1.16. The van der Waals surface area contributed by atoms with Gasteiger partial charge >= 0.3 is 6.03 Å². The first kappa shape index (κ1) is 12.4. The molecular formula is C11H15FN2O2. The van der Waals surface area contributed by atoms with E-state index in [1.165, 1.54) is 24.3 Å². The highest BCUT2D eigenvalue weighted by Gasteiger charge is 2.08. The summed E-state index contributed by atoms with van der Waals surface area (Å²) in [5, 5.41) is 14.0. The normalized spacial score (nSPS) is 11.9. The van der Waals surface area contributed by atoms with Gasteiger partial charge in [0.25, 0.3) is 0 Å². The Hall–Kier alpha value is -1.62. The van der Waals surface area contributed by atoms with Gasteiger partial charge in [0.05, 0.1) is 12.6 Å². The van der Waals surface area contributed by atoms with Crippen LogP contribution in [-0.4, -0.2) is 23.8 Å². The summed E-state index contributed by atoms with van der Waals surface area (Å²) in [6.45, 7) is 1.76. The summed E-state index contributed by atoms with van der Waals surface area (Å²) in [5.41, 5.74) is 0.506. The number of benzene rings is 1. The number of aliphatic hydroxyl groups excluding tert-OH is 1. The highest BCUT2D eigenvalue weighted by atomic mass is 19.1. The molecule has 0 spiro atoms. The second kappa shape index (κ2) is 6.07. The molecule has 16 heavy (non-hydrogen) atoms. The number of halogens is 1. The van der Waals surface area contributed by atoms with Gasteiger partial charge in [-0.15, -0.1) is 0 Å². The maximum Gasteiger partial charge on any atom is 0.319 e. The van der Waals surface area contributed by atoms with E-state index in [4.69, 9.17) is 5.11 Å². The number of aliphatic hydroxyl groups is 1. The first-order valence-corrected chi connectivity index (χ1v) is 5.09. The summed E-state index contributed by atoms with van der Waals surface area (Å²) in [4.78, 5) is 11.4. The molecule has 0 aliphatic heterocycles. The summed E-state index contributed by atoms with van der Waals surface area (Å²) in [7, 11) is 0. The number of carbonyl (C=O) groups excluding carboxylic acids is 1. The largest absolute Gasteiger partial charge is 0.394 e. The zero-order chi connectivity index (χ0) is 12.0. The van der Waals surface area contributed by atoms with Gasteiger partial charge in [-0.3, -0.25) is 0 Å². The Morgan fingerprint density at radius 1 is 1.44 bits per heavy atom. The molecule has 4 nitrogen and oxygen atoms in total. The highest BCUT2D eigenvalue weighted by Crippen LogP contribution is 2.07. The third-order valence-electron chi connectivity index (χ3n) is 2.15. The molecule has 3 N–H and O–H groups in total. The van der Waals surface area contributed by atoms with E-state index in [0.717, 1.165) is 0 Å². The Labute approximate surface area is 93.5 Å². The third-order valence-corrected chi connectivity index (χ3v) is 2.15. The van der Waals surface area contributed by atoms with E-state index in [0.29, 0.717) is 12.1 Å². The van der Waals surface area contributed by atoms with Crippen molar-refractivity contribution in [3.05, 3.63) is 30.1 Å². The van der Waals surface area contributed by atoms with Gasteiger partial charge in [-0.25, -0.2) is 9.18 Å². The zero-order valence-corrected chi connectivity index (χ0v) is 9.03. The average Bonchev–Trinajstić information content (AvgIpc) is 2.29. The van der Waals surface area contributed by atoms with Gasteiger partial charge in [-0.05, 0) is 30.7 Å². The molecule has 1 atom stereocenters. The van der Waals surface area contributed by atoms with Crippen LogP contribution in [0, 0.1) is 5.82 Å². The third kappa shape index (κ3) is 3.86. The molecule has 1 aromatic carbocycles. The van der Waals surface area contributed by atoms with Gasteiger partial charge in [0.2, 0.25) is 0 Å². The summed E-state index contributed by atoms with van der Waals surface area (Å²) in [6, 6.07) is 4.79. The van der Waals surface area contributed by atoms with Crippen LogP contribution < -0.4 is 10.6 Å². The lowest BCUT2D eigenvalue weighted by molar-refractivity contribution is 0.222. The monoisotopic (exact) mass is 226 g/mol. The summed E-state index contributed by atoms with van der Waals surface area (Å²) < 4.78 is 12.6. The van der Waals surface area contributed by atoms with Crippen molar-refractivity contribution >= 4 is 11.7 Å². The summed E-state index contributed by atoms with van der Waals surface area (Å²) >= 11 is 0. The lowest BCUT2D eigenvalue weighted by Crippen LogP contribution is -2.39. The lowest BCUT2D eigenvalue weighted by Gasteiger charge is -2.14. The van der Waals surface area contributed by atoms with Crippen LogP contribution in [0.4, 0.5) is 14.9 Å². The number of anilines is 1. The molecular weight excluding hydrogens is 211 g/mol.